The van der Waals surface area contributed by atoms with Crippen LogP contribution in [0.3, 0.4) is 0 Å². The predicted molar refractivity (Wildman–Crippen MR) is 79.9 cm³/mol. The summed E-state index contributed by atoms with van der Waals surface area (Å²) in [6.45, 7) is 4.97. The second-order valence-electron chi connectivity index (χ2n) is 5.49. The number of rotatable bonds is 3. The van der Waals surface area contributed by atoms with E-state index in [0.717, 1.165) is 32.5 Å². The molecule has 1 aromatic heterocycles. The molecule has 1 aromatic carbocycles. The summed E-state index contributed by atoms with van der Waals surface area (Å²) >= 11 is 0. The van der Waals surface area contributed by atoms with Gasteiger partial charge in [0.05, 0.1) is 22.6 Å². The first-order chi connectivity index (χ1) is 10.1. The molecule has 1 unspecified atom stereocenters. The van der Waals surface area contributed by atoms with Gasteiger partial charge in [-0.05, 0) is 38.1 Å². The summed E-state index contributed by atoms with van der Waals surface area (Å²) in [5.41, 5.74) is 1.03. The molecule has 1 aliphatic rings. The van der Waals surface area contributed by atoms with Crippen LogP contribution in [0.1, 0.15) is 36.2 Å². The van der Waals surface area contributed by atoms with Gasteiger partial charge in [0.25, 0.3) is 0 Å². The molecule has 0 radical (unpaired) electrons. The fourth-order valence-corrected chi connectivity index (χ4v) is 3.22. The van der Waals surface area contributed by atoms with Gasteiger partial charge in [0.2, 0.25) is 0 Å². The monoisotopic (exact) mass is 289 g/mol. The molecule has 1 saturated heterocycles. The topological polar surface area (TPSA) is 78.3 Å². The van der Waals surface area contributed by atoms with Crippen LogP contribution in [0.5, 0.6) is 0 Å². The molecule has 0 amide bonds. The van der Waals surface area contributed by atoms with E-state index < -0.39 is 5.97 Å². The molecule has 112 valence electrons. The van der Waals surface area contributed by atoms with Crippen molar-refractivity contribution in [3.8, 4) is 0 Å². The summed E-state index contributed by atoms with van der Waals surface area (Å²) in [5, 5.41) is 9.23. The number of para-hydroxylation sites is 1. The van der Waals surface area contributed by atoms with Crippen molar-refractivity contribution in [2.45, 2.75) is 25.8 Å². The van der Waals surface area contributed by atoms with Gasteiger partial charge in [-0.2, -0.15) is 0 Å². The molecule has 0 spiro atoms. The Morgan fingerprint density at radius 1 is 1.48 bits per heavy atom. The minimum Gasteiger partial charge on any atom is -0.478 e. The molecule has 6 nitrogen and oxygen atoms in total. The fraction of sp³-hybridized carbons (Fsp3) is 0.467. The fourth-order valence-electron chi connectivity index (χ4n) is 3.22. The summed E-state index contributed by atoms with van der Waals surface area (Å²) in [6.07, 6.45) is 2.00. The highest BCUT2D eigenvalue weighted by molar-refractivity contribution is 6.00. The van der Waals surface area contributed by atoms with Gasteiger partial charge in [-0.3, -0.25) is 4.57 Å². The van der Waals surface area contributed by atoms with Crippen molar-refractivity contribution in [2.75, 3.05) is 19.6 Å². The standard InChI is InChI=1S/C15H19N3O3/c1-2-17-8-4-5-10(9-17)18-12-7-3-6-11(14(19)20)13(12)16-15(18)21/h3,6-7,10H,2,4-5,8-9H2,1H3,(H,16,21)(H,19,20). The Labute approximate surface area is 122 Å². The zero-order valence-corrected chi connectivity index (χ0v) is 12.0. The molecule has 1 fully saturated rings. The number of likely N-dealkylation sites (N-methyl/N-ethyl adjacent to an activating group) is 1. The highest BCUT2D eigenvalue weighted by atomic mass is 16.4. The van der Waals surface area contributed by atoms with Gasteiger partial charge in [0.1, 0.15) is 0 Å². The van der Waals surface area contributed by atoms with Crippen molar-refractivity contribution >= 4 is 17.0 Å². The molecule has 0 bridgehead atoms. The van der Waals surface area contributed by atoms with E-state index in [0.29, 0.717) is 11.0 Å². The number of benzene rings is 1. The number of piperidine rings is 1. The largest absolute Gasteiger partial charge is 0.478 e. The Kier molecular flexibility index (Phi) is 3.55. The number of imidazole rings is 1. The number of carbonyl (C=O) groups is 1. The SMILES string of the molecule is CCN1CCCC(n2c(=O)[nH]c3c(C(=O)O)cccc32)C1. The van der Waals surface area contributed by atoms with E-state index in [4.69, 9.17) is 0 Å². The number of carboxylic acid groups (broad SMARTS) is 1. The van der Waals surface area contributed by atoms with Gasteiger partial charge in [-0.15, -0.1) is 0 Å². The predicted octanol–water partition coefficient (Wildman–Crippen LogP) is 1.68. The minimum absolute atomic E-state index is 0.101. The van der Waals surface area contributed by atoms with Crippen LogP contribution in [0, 0.1) is 0 Å². The Bertz CT molecular complexity index is 731. The van der Waals surface area contributed by atoms with Crippen molar-refractivity contribution in [1.29, 1.82) is 0 Å². The number of H-pyrrole nitrogens is 1. The van der Waals surface area contributed by atoms with Crippen molar-refractivity contribution < 1.29 is 9.90 Å². The van der Waals surface area contributed by atoms with Crippen LogP contribution < -0.4 is 5.69 Å². The lowest BCUT2D eigenvalue weighted by atomic mass is 10.1. The molecule has 2 aromatic rings. The van der Waals surface area contributed by atoms with Crippen molar-refractivity contribution in [2.24, 2.45) is 0 Å². The maximum absolute atomic E-state index is 12.3. The van der Waals surface area contributed by atoms with Crippen LogP contribution in [0.4, 0.5) is 0 Å². The molecule has 1 aliphatic heterocycles. The number of aromatic nitrogens is 2. The molecule has 0 aliphatic carbocycles. The average molecular weight is 289 g/mol. The third kappa shape index (κ3) is 2.35. The summed E-state index contributed by atoms with van der Waals surface area (Å²) in [6, 6.07) is 5.12. The third-order valence-electron chi connectivity index (χ3n) is 4.28. The highest BCUT2D eigenvalue weighted by Crippen LogP contribution is 2.25. The van der Waals surface area contributed by atoms with Gasteiger partial charge in [0, 0.05) is 6.54 Å². The Morgan fingerprint density at radius 3 is 3.00 bits per heavy atom. The van der Waals surface area contributed by atoms with Crippen molar-refractivity contribution in [3.63, 3.8) is 0 Å². The van der Waals surface area contributed by atoms with E-state index in [-0.39, 0.29) is 17.3 Å². The number of hydrogen-bond donors (Lipinski definition) is 2. The van der Waals surface area contributed by atoms with E-state index in [1.54, 1.807) is 10.6 Å². The smallest absolute Gasteiger partial charge is 0.337 e. The Hall–Kier alpha value is -2.08. The zero-order chi connectivity index (χ0) is 15.0. The Morgan fingerprint density at radius 2 is 2.29 bits per heavy atom. The summed E-state index contributed by atoms with van der Waals surface area (Å²) in [5.74, 6) is -1.02. The maximum Gasteiger partial charge on any atom is 0.337 e. The number of nitrogens with one attached hydrogen (secondary N) is 1. The molecular formula is C15H19N3O3. The molecule has 2 N–H and O–H groups in total. The molecule has 0 saturated carbocycles. The number of aromatic amines is 1. The van der Waals surface area contributed by atoms with E-state index in [1.807, 2.05) is 6.07 Å². The van der Waals surface area contributed by atoms with Crippen LogP contribution >= 0.6 is 0 Å². The van der Waals surface area contributed by atoms with Crippen LogP contribution in [0.15, 0.2) is 23.0 Å². The van der Waals surface area contributed by atoms with E-state index in [2.05, 4.69) is 16.8 Å². The average Bonchev–Trinajstić information content (AvgIpc) is 2.82. The maximum atomic E-state index is 12.3. The summed E-state index contributed by atoms with van der Waals surface area (Å²) in [7, 11) is 0. The first-order valence-corrected chi connectivity index (χ1v) is 7.30. The lowest BCUT2D eigenvalue weighted by molar-refractivity contribution is 0.0699. The number of aromatic carboxylic acids is 1. The number of fused-ring (bicyclic) bond motifs is 1. The van der Waals surface area contributed by atoms with Crippen LogP contribution in [-0.4, -0.2) is 45.2 Å². The molecule has 6 heteroatoms. The summed E-state index contributed by atoms with van der Waals surface area (Å²) < 4.78 is 1.73. The number of likely N-dealkylation sites (tertiary alicyclic amines) is 1. The van der Waals surface area contributed by atoms with Crippen molar-refractivity contribution in [3.05, 3.63) is 34.2 Å². The lowest BCUT2D eigenvalue weighted by Crippen LogP contribution is -2.38. The van der Waals surface area contributed by atoms with Gasteiger partial charge in [0.15, 0.2) is 0 Å². The Balaban J connectivity index is 2.11. The summed E-state index contributed by atoms with van der Waals surface area (Å²) in [4.78, 5) is 28.6. The molecule has 2 heterocycles. The second kappa shape index (κ2) is 5.37. The molecule has 3 rings (SSSR count). The quantitative estimate of drug-likeness (QED) is 0.901. The normalized spacial score (nSPS) is 20.0. The molecule has 21 heavy (non-hydrogen) atoms. The number of hydrogen-bond acceptors (Lipinski definition) is 3. The lowest BCUT2D eigenvalue weighted by Gasteiger charge is -2.32. The first-order valence-electron chi connectivity index (χ1n) is 7.30. The van der Waals surface area contributed by atoms with Gasteiger partial charge in [-0.25, -0.2) is 9.59 Å². The van der Waals surface area contributed by atoms with Crippen LogP contribution in [0.2, 0.25) is 0 Å². The minimum atomic E-state index is -1.02. The molecular weight excluding hydrogens is 270 g/mol. The third-order valence-corrected chi connectivity index (χ3v) is 4.28. The van der Waals surface area contributed by atoms with E-state index in [9.17, 15) is 14.7 Å². The number of carboxylic acids is 1. The highest BCUT2D eigenvalue weighted by Gasteiger charge is 2.24. The molecule has 1 atom stereocenters. The van der Waals surface area contributed by atoms with Crippen LogP contribution in [0.25, 0.3) is 11.0 Å². The van der Waals surface area contributed by atoms with Crippen LogP contribution in [-0.2, 0) is 0 Å². The number of nitrogens with zero attached hydrogens (tertiary/aromatic N) is 2. The van der Waals surface area contributed by atoms with Gasteiger partial charge < -0.3 is 15.0 Å². The first kappa shape index (κ1) is 13.9. The van der Waals surface area contributed by atoms with Gasteiger partial charge >= 0.3 is 11.7 Å². The second-order valence-corrected chi connectivity index (χ2v) is 5.49. The van der Waals surface area contributed by atoms with E-state index in [1.165, 1.54) is 6.07 Å². The van der Waals surface area contributed by atoms with E-state index >= 15 is 0 Å². The van der Waals surface area contributed by atoms with Crippen molar-refractivity contribution in [1.82, 2.24) is 14.5 Å². The van der Waals surface area contributed by atoms with Gasteiger partial charge in [-0.1, -0.05) is 13.0 Å². The zero-order valence-electron chi connectivity index (χ0n) is 12.0.